The predicted molar refractivity (Wildman–Crippen MR) is 74.0 cm³/mol. The van der Waals surface area contributed by atoms with Crippen LogP contribution in [0.1, 0.15) is 5.56 Å². The van der Waals surface area contributed by atoms with E-state index in [4.69, 9.17) is 4.74 Å². The highest BCUT2D eigenvalue weighted by Crippen LogP contribution is 2.33. The van der Waals surface area contributed by atoms with E-state index in [2.05, 4.69) is 14.7 Å². The topological polar surface area (TPSA) is 47.0 Å². The number of hydrogen-bond acceptors (Lipinski definition) is 6. The third-order valence-corrected chi connectivity index (χ3v) is 4.25. The molecule has 2 rings (SSSR count). The maximum atomic E-state index is 13.9. The Kier molecular flexibility index (Phi) is 5.71. The summed E-state index contributed by atoms with van der Waals surface area (Å²) in [6.07, 6.45) is 1.48. The Morgan fingerprint density at radius 3 is 3.11 bits per heavy atom. The van der Waals surface area contributed by atoms with E-state index in [9.17, 15) is 4.39 Å². The van der Waals surface area contributed by atoms with Gasteiger partial charge in [0.1, 0.15) is 12.1 Å². The van der Waals surface area contributed by atoms with Gasteiger partial charge in [0.05, 0.1) is 11.5 Å². The number of halogens is 1. The molecular weight excluding hydrogens is 285 g/mol. The second kappa shape index (κ2) is 7.54. The molecule has 102 valence electrons. The van der Waals surface area contributed by atoms with Crippen molar-refractivity contribution >= 4 is 23.3 Å². The van der Waals surface area contributed by atoms with Gasteiger partial charge < -0.3 is 10.1 Å². The van der Waals surface area contributed by atoms with E-state index >= 15 is 0 Å². The van der Waals surface area contributed by atoms with Crippen LogP contribution in [-0.2, 0) is 11.3 Å². The number of nitrogens with one attached hydrogen (secondary N) is 1. The molecule has 0 aliphatic rings. The molecule has 0 fully saturated rings. The highest BCUT2D eigenvalue weighted by atomic mass is 32.2. The van der Waals surface area contributed by atoms with E-state index in [0.717, 1.165) is 16.4 Å². The van der Waals surface area contributed by atoms with Gasteiger partial charge in [-0.3, -0.25) is 0 Å². The molecule has 0 aliphatic carbocycles. The largest absolute Gasteiger partial charge is 0.383 e. The van der Waals surface area contributed by atoms with E-state index in [1.54, 1.807) is 13.2 Å². The fourth-order valence-corrected chi connectivity index (χ4v) is 3.02. The lowest BCUT2D eigenvalue weighted by atomic mass is 10.2. The summed E-state index contributed by atoms with van der Waals surface area (Å²) in [5.41, 5.74) is 0.913. The molecule has 1 heterocycles. The van der Waals surface area contributed by atoms with Gasteiger partial charge in [-0.1, -0.05) is 23.9 Å². The van der Waals surface area contributed by atoms with Gasteiger partial charge in [0, 0.05) is 20.2 Å². The zero-order valence-corrected chi connectivity index (χ0v) is 12.1. The Hall–Kier alpha value is -1.02. The van der Waals surface area contributed by atoms with Crippen LogP contribution in [0.2, 0.25) is 0 Å². The first kappa shape index (κ1) is 14.4. The molecule has 0 unspecified atom stereocenters. The molecular formula is C12H14FN3OS2. The number of hydrogen-bond donors (Lipinski definition) is 1. The molecule has 4 nitrogen and oxygen atoms in total. The van der Waals surface area contributed by atoms with Crippen molar-refractivity contribution < 1.29 is 9.13 Å². The average molecular weight is 299 g/mol. The van der Waals surface area contributed by atoms with Crippen LogP contribution in [0.5, 0.6) is 0 Å². The summed E-state index contributed by atoms with van der Waals surface area (Å²) >= 11 is 2.57. The van der Waals surface area contributed by atoms with E-state index in [0.29, 0.717) is 18.0 Å². The molecule has 1 aromatic heterocycles. The minimum atomic E-state index is -0.230. The second-order valence-electron chi connectivity index (χ2n) is 3.71. The zero-order valence-electron chi connectivity index (χ0n) is 10.4. The number of methoxy groups -OCH3 is 1. The first-order valence-corrected chi connectivity index (χ1v) is 7.32. The average Bonchev–Trinajstić information content (AvgIpc) is 2.91. The van der Waals surface area contributed by atoms with Crippen molar-refractivity contribution in [3.63, 3.8) is 0 Å². The number of aromatic nitrogens is 2. The molecule has 0 bridgehead atoms. The summed E-state index contributed by atoms with van der Waals surface area (Å²) in [6, 6.07) is 5.08. The van der Waals surface area contributed by atoms with Gasteiger partial charge in [-0.15, -0.1) is 0 Å². The van der Waals surface area contributed by atoms with Crippen molar-refractivity contribution in [1.82, 2.24) is 14.7 Å². The van der Waals surface area contributed by atoms with E-state index in [1.165, 1.54) is 35.7 Å². The lowest BCUT2D eigenvalue weighted by molar-refractivity contribution is 0.199. The van der Waals surface area contributed by atoms with Crippen LogP contribution in [0, 0.1) is 5.82 Å². The van der Waals surface area contributed by atoms with Crippen LogP contribution in [-0.4, -0.2) is 29.6 Å². The Morgan fingerprint density at radius 2 is 2.37 bits per heavy atom. The molecule has 1 N–H and O–H groups in total. The van der Waals surface area contributed by atoms with Crippen LogP contribution in [0.15, 0.2) is 33.8 Å². The van der Waals surface area contributed by atoms with Crippen molar-refractivity contribution in [3.8, 4) is 0 Å². The maximum absolute atomic E-state index is 13.9. The smallest absolute Gasteiger partial charge is 0.174 e. The van der Waals surface area contributed by atoms with Gasteiger partial charge in [0.2, 0.25) is 0 Å². The number of rotatable bonds is 7. The molecule has 2 aromatic rings. The summed E-state index contributed by atoms with van der Waals surface area (Å²) in [4.78, 5) is 4.67. The zero-order chi connectivity index (χ0) is 13.5. The van der Waals surface area contributed by atoms with E-state index < -0.39 is 0 Å². The fourth-order valence-electron chi connectivity index (χ4n) is 1.50. The molecule has 7 heteroatoms. The van der Waals surface area contributed by atoms with Crippen molar-refractivity contribution in [1.29, 1.82) is 0 Å². The Labute approximate surface area is 119 Å². The van der Waals surface area contributed by atoms with Crippen LogP contribution >= 0.6 is 23.3 Å². The van der Waals surface area contributed by atoms with Crippen LogP contribution < -0.4 is 5.32 Å². The molecule has 0 spiro atoms. The summed E-state index contributed by atoms with van der Waals surface area (Å²) in [5.74, 6) is -0.230. The Bertz CT molecular complexity index is 508. The van der Waals surface area contributed by atoms with E-state index in [-0.39, 0.29) is 5.82 Å². The lowest BCUT2D eigenvalue weighted by Gasteiger charge is -2.09. The lowest BCUT2D eigenvalue weighted by Crippen LogP contribution is -2.19. The standard InChI is InChI=1S/C12H14FN3OS2/c1-17-6-5-14-7-9-3-2-4-10(13)11(9)18-12-15-8-16-19-12/h2-4,8,14H,5-7H2,1H3. The van der Waals surface area contributed by atoms with E-state index in [1.807, 2.05) is 6.07 Å². The molecule has 0 radical (unpaired) electrons. The van der Waals surface area contributed by atoms with Gasteiger partial charge in [-0.2, -0.15) is 4.37 Å². The number of benzene rings is 1. The molecule has 19 heavy (non-hydrogen) atoms. The van der Waals surface area contributed by atoms with Crippen LogP contribution in [0.3, 0.4) is 0 Å². The minimum absolute atomic E-state index is 0.230. The van der Waals surface area contributed by atoms with Gasteiger partial charge in [0.15, 0.2) is 4.34 Å². The quantitative estimate of drug-likeness (QED) is 0.796. The summed E-state index contributed by atoms with van der Waals surface area (Å²) < 4.78 is 23.5. The van der Waals surface area contributed by atoms with Crippen LogP contribution in [0.25, 0.3) is 0 Å². The van der Waals surface area contributed by atoms with Gasteiger partial charge in [0.25, 0.3) is 0 Å². The minimum Gasteiger partial charge on any atom is -0.383 e. The SMILES string of the molecule is COCCNCc1cccc(F)c1Sc1ncns1. The normalized spacial score (nSPS) is 10.8. The highest BCUT2D eigenvalue weighted by molar-refractivity contribution is 8.01. The molecule has 0 amide bonds. The predicted octanol–water partition coefficient (Wildman–Crippen LogP) is 2.56. The monoisotopic (exact) mass is 299 g/mol. The third-order valence-electron chi connectivity index (χ3n) is 2.38. The van der Waals surface area contributed by atoms with Crippen molar-refractivity contribution in [2.45, 2.75) is 15.8 Å². The van der Waals surface area contributed by atoms with Gasteiger partial charge >= 0.3 is 0 Å². The van der Waals surface area contributed by atoms with Crippen molar-refractivity contribution in [2.75, 3.05) is 20.3 Å². The highest BCUT2D eigenvalue weighted by Gasteiger charge is 2.11. The number of nitrogens with zero attached hydrogens (tertiary/aromatic N) is 2. The third kappa shape index (κ3) is 4.24. The van der Waals surface area contributed by atoms with Crippen molar-refractivity contribution in [3.05, 3.63) is 35.9 Å². The summed E-state index contributed by atoms with van der Waals surface area (Å²) in [5, 5.41) is 3.21. The Balaban J connectivity index is 2.07. The van der Waals surface area contributed by atoms with Crippen LogP contribution in [0.4, 0.5) is 4.39 Å². The summed E-state index contributed by atoms with van der Waals surface area (Å²) in [7, 11) is 1.65. The maximum Gasteiger partial charge on any atom is 0.174 e. The number of ether oxygens (including phenoxy) is 1. The molecule has 0 atom stereocenters. The van der Waals surface area contributed by atoms with Gasteiger partial charge in [-0.05, 0) is 23.2 Å². The van der Waals surface area contributed by atoms with Crippen molar-refractivity contribution in [2.24, 2.45) is 0 Å². The summed E-state index contributed by atoms with van der Waals surface area (Å²) in [6.45, 7) is 1.96. The molecule has 0 saturated heterocycles. The fraction of sp³-hybridized carbons (Fsp3) is 0.333. The second-order valence-corrected chi connectivity index (χ2v) is 5.74. The molecule has 0 aliphatic heterocycles. The van der Waals surface area contributed by atoms with Gasteiger partial charge in [-0.25, -0.2) is 9.37 Å². The molecule has 1 aromatic carbocycles. The first-order chi connectivity index (χ1) is 9.31. The Morgan fingerprint density at radius 1 is 1.47 bits per heavy atom. The molecule has 0 saturated carbocycles. The first-order valence-electron chi connectivity index (χ1n) is 5.73.